The second-order valence-electron chi connectivity index (χ2n) is 6.05. The summed E-state index contributed by atoms with van der Waals surface area (Å²) in [6, 6.07) is 6.28. The molecule has 0 aliphatic carbocycles. The number of carbonyl (C=O) groups is 1. The highest BCUT2D eigenvalue weighted by molar-refractivity contribution is 7.99. The lowest BCUT2D eigenvalue weighted by atomic mass is 10.1. The SMILES string of the molecule is Cc1ccc(C)c(-n2nnnc2SCC(=O)N[C@H](C)C(C)C)c1. The quantitative estimate of drug-likeness (QED) is 0.823. The number of hydrogen-bond donors (Lipinski definition) is 1. The summed E-state index contributed by atoms with van der Waals surface area (Å²) in [7, 11) is 0. The minimum absolute atomic E-state index is 0.00767. The molecule has 1 heterocycles. The highest BCUT2D eigenvalue weighted by Gasteiger charge is 2.15. The van der Waals surface area contributed by atoms with Crippen LogP contribution in [0.15, 0.2) is 23.4 Å². The molecular weight excluding hydrogens is 310 g/mol. The normalized spacial score (nSPS) is 12.4. The third kappa shape index (κ3) is 4.54. The molecule has 124 valence electrons. The van der Waals surface area contributed by atoms with E-state index in [1.165, 1.54) is 11.8 Å². The first kappa shape index (κ1) is 17.5. The maximum absolute atomic E-state index is 12.0. The molecule has 2 rings (SSSR count). The topological polar surface area (TPSA) is 72.7 Å². The number of hydrogen-bond acceptors (Lipinski definition) is 5. The van der Waals surface area contributed by atoms with Gasteiger partial charge in [0.15, 0.2) is 0 Å². The van der Waals surface area contributed by atoms with E-state index in [2.05, 4.69) is 40.8 Å². The first-order valence-corrected chi connectivity index (χ1v) is 8.65. The van der Waals surface area contributed by atoms with Crippen molar-refractivity contribution in [2.75, 3.05) is 5.75 Å². The van der Waals surface area contributed by atoms with Gasteiger partial charge in [-0.15, -0.1) is 5.10 Å². The molecular formula is C16H23N5OS. The Labute approximate surface area is 141 Å². The molecule has 0 aliphatic heterocycles. The fourth-order valence-electron chi connectivity index (χ4n) is 1.96. The van der Waals surface area contributed by atoms with Crippen molar-refractivity contribution >= 4 is 17.7 Å². The Morgan fingerprint density at radius 1 is 1.30 bits per heavy atom. The lowest BCUT2D eigenvalue weighted by Crippen LogP contribution is -2.37. The summed E-state index contributed by atoms with van der Waals surface area (Å²) in [5.74, 6) is 0.693. The van der Waals surface area contributed by atoms with Crippen molar-refractivity contribution in [3.8, 4) is 5.69 Å². The van der Waals surface area contributed by atoms with Gasteiger partial charge in [-0.2, -0.15) is 4.68 Å². The lowest BCUT2D eigenvalue weighted by molar-refractivity contribution is -0.119. The number of nitrogens with zero attached hydrogens (tertiary/aromatic N) is 4. The largest absolute Gasteiger partial charge is 0.353 e. The second kappa shape index (κ2) is 7.59. The molecule has 0 unspecified atom stereocenters. The Hall–Kier alpha value is -1.89. The maximum atomic E-state index is 12.0. The van der Waals surface area contributed by atoms with Gasteiger partial charge in [0.25, 0.3) is 0 Å². The Bertz CT molecular complexity index is 683. The number of tetrazole rings is 1. The molecule has 1 aromatic heterocycles. The van der Waals surface area contributed by atoms with Crippen LogP contribution in [0.25, 0.3) is 5.69 Å². The smallest absolute Gasteiger partial charge is 0.230 e. The number of benzene rings is 1. The number of carbonyl (C=O) groups excluding carboxylic acids is 1. The van der Waals surface area contributed by atoms with Crippen LogP contribution in [0.5, 0.6) is 0 Å². The van der Waals surface area contributed by atoms with Gasteiger partial charge in [0.05, 0.1) is 11.4 Å². The van der Waals surface area contributed by atoms with Crippen LogP contribution in [-0.4, -0.2) is 37.9 Å². The van der Waals surface area contributed by atoms with E-state index in [1.54, 1.807) is 4.68 Å². The van der Waals surface area contributed by atoms with Crippen LogP contribution in [0.3, 0.4) is 0 Å². The summed E-state index contributed by atoms with van der Waals surface area (Å²) in [6.45, 7) is 10.2. The van der Waals surface area contributed by atoms with Gasteiger partial charge >= 0.3 is 0 Å². The minimum atomic E-state index is -0.00767. The Kier molecular flexibility index (Phi) is 5.76. The van der Waals surface area contributed by atoms with E-state index in [0.717, 1.165) is 16.8 Å². The van der Waals surface area contributed by atoms with Crippen molar-refractivity contribution in [2.45, 2.75) is 45.8 Å². The van der Waals surface area contributed by atoms with Crippen molar-refractivity contribution < 1.29 is 4.79 Å². The predicted molar refractivity (Wildman–Crippen MR) is 91.8 cm³/mol. The second-order valence-corrected chi connectivity index (χ2v) is 6.99. The predicted octanol–water partition coefficient (Wildman–Crippen LogP) is 2.53. The molecule has 0 aliphatic rings. The van der Waals surface area contributed by atoms with Crippen molar-refractivity contribution in [3.63, 3.8) is 0 Å². The highest BCUT2D eigenvalue weighted by atomic mass is 32.2. The van der Waals surface area contributed by atoms with E-state index in [9.17, 15) is 4.79 Å². The molecule has 6 nitrogen and oxygen atoms in total. The van der Waals surface area contributed by atoms with Gasteiger partial charge in [-0.3, -0.25) is 4.79 Å². The van der Waals surface area contributed by atoms with Gasteiger partial charge in [0, 0.05) is 6.04 Å². The number of aromatic nitrogens is 4. The molecule has 1 N–H and O–H groups in total. The van der Waals surface area contributed by atoms with Crippen molar-refractivity contribution in [3.05, 3.63) is 29.3 Å². The number of rotatable bonds is 6. The number of amides is 1. The highest BCUT2D eigenvalue weighted by Crippen LogP contribution is 2.21. The van der Waals surface area contributed by atoms with Gasteiger partial charge in [0.1, 0.15) is 0 Å². The van der Waals surface area contributed by atoms with Crippen LogP contribution in [0.2, 0.25) is 0 Å². The van der Waals surface area contributed by atoms with Crippen molar-refractivity contribution in [1.29, 1.82) is 0 Å². The zero-order valence-electron chi connectivity index (χ0n) is 14.2. The first-order valence-electron chi connectivity index (χ1n) is 7.66. The molecule has 2 aromatic rings. The molecule has 0 bridgehead atoms. The van der Waals surface area contributed by atoms with E-state index in [0.29, 0.717) is 16.8 Å². The summed E-state index contributed by atoms with van der Waals surface area (Å²) in [5.41, 5.74) is 3.16. The monoisotopic (exact) mass is 333 g/mol. The zero-order valence-corrected chi connectivity index (χ0v) is 15.0. The van der Waals surface area contributed by atoms with Gasteiger partial charge in [0.2, 0.25) is 11.1 Å². The minimum Gasteiger partial charge on any atom is -0.353 e. The first-order chi connectivity index (χ1) is 10.9. The van der Waals surface area contributed by atoms with E-state index in [4.69, 9.17) is 0 Å². The maximum Gasteiger partial charge on any atom is 0.230 e. The third-order valence-electron chi connectivity index (χ3n) is 3.75. The summed E-state index contributed by atoms with van der Waals surface area (Å²) in [5, 5.41) is 15.4. The number of aryl methyl sites for hydroxylation is 2. The third-order valence-corrected chi connectivity index (χ3v) is 4.67. The summed E-state index contributed by atoms with van der Waals surface area (Å²) in [4.78, 5) is 12.0. The van der Waals surface area contributed by atoms with Gasteiger partial charge in [-0.25, -0.2) is 0 Å². The fraction of sp³-hybridized carbons (Fsp3) is 0.500. The van der Waals surface area contributed by atoms with Crippen LogP contribution in [0.1, 0.15) is 31.9 Å². The van der Waals surface area contributed by atoms with E-state index in [-0.39, 0.29) is 11.9 Å². The van der Waals surface area contributed by atoms with Crippen LogP contribution in [-0.2, 0) is 4.79 Å². The molecule has 7 heteroatoms. The van der Waals surface area contributed by atoms with Gasteiger partial charge < -0.3 is 5.32 Å². The van der Waals surface area contributed by atoms with Crippen molar-refractivity contribution in [1.82, 2.24) is 25.5 Å². The average molecular weight is 333 g/mol. The van der Waals surface area contributed by atoms with E-state index < -0.39 is 0 Å². The summed E-state index contributed by atoms with van der Waals surface area (Å²) >= 11 is 1.34. The number of nitrogens with one attached hydrogen (secondary N) is 1. The summed E-state index contributed by atoms with van der Waals surface area (Å²) < 4.78 is 1.69. The Morgan fingerprint density at radius 3 is 2.74 bits per heavy atom. The van der Waals surface area contributed by atoms with Crippen molar-refractivity contribution in [2.24, 2.45) is 5.92 Å². The fourth-order valence-corrected chi connectivity index (χ4v) is 2.66. The lowest BCUT2D eigenvalue weighted by Gasteiger charge is -2.17. The van der Waals surface area contributed by atoms with Crippen LogP contribution in [0.4, 0.5) is 0 Å². The van der Waals surface area contributed by atoms with Crippen LogP contribution < -0.4 is 5.32 Å². The number of thioether (sulfide) groups is 1. The van der Waals surface area contributed by atoms with Gasteiger partial charge in [-0.05, 0) is 54.3 Å². The van der Waals surface area contributed by atoms with Crippen LogP contribution >= 0.6 is 11.8 Å². The van der Waals surface area contributed by atoms with Crippen LogP contribution in [0, 0.1) is 19.8 Å². The standard InChI is InChI=1S/C16H23N5OS/c1-10(2)13(5)17-15(22)9-23-16-18-19-20-21(16)14-8-11(3)6-7-12(14)4/h6-8,10,13H,9H2,1-5H3,(H,17,22)/t13-/m1/s1. The molecule has 1 atom stereocenters. The summed E-state index contributed by atoms with van der Waals surface area (Å²) in [6.07, 6.45) is 0. The molecule has 23 heavy (non-hydrogen) atoms. The van der Waals surface area contributed by atoms with E-state index >= 15 is 0 Å². The molecule has 0 radical (unpaired) electrons. The average Bonchev–Trinajstić information content (AvgIpc) is 2.95. The molecule has 1 aromatic carbocycles. The Morgan fingerprint density at radius 2 is 2.04 bits per heavy atom. The van der Waals surface area contributed by atoms with E-state index in [1.807, 2.05) is 32.9 Å². The molecule has 0 spiro atoms. The molecule has 0 saturated carbocycles. The van der Waals surface area contributed by atoms with Gasteiger partial charge in [-0.1, -0.05) is 37.7 Å². The zero-order chi connectivity index (χ0) is 17.0. The molecule has 1 amide bonds. The molecule has 0 fully saturated rings. The Balaban J connectivity index is 2.07. The molecule has 0 saturated heterocycles.